The molecule has 1 unspecified atom stereocenters. The standard InChI is InChI=1S/C19H22N2O4/c1-21(9-10-23-16-5-3-2-4-6-16)13-19(22)20-12-15-7-8-17-18(11-15)25-14-24-17/h2-8,11H,9-10,12-14H2,1H3,(H,20,22)/p+1. The smallest absolute Gasteiger partial charge is 0.275 e. The molecule has 0 fully saturated rings. The first kappa shape index (κ1) is 17.1. The van der Waals surface area contributed by atoms with Crippen molar-refractivity contribution >= 4 is 5.91 Å². The van der Waals surface area contributed by atoms with Crippen molar-refractivity contribution in [2.24, 2.45) is 0 Å². The Hall–Kier alpha value is -2.73. The van der Waals surface area contributed by atoms with E-state index < -0.39 is 0 Å². The van der Waals surface area contributed by atoms with E-state index in [2.05, 4.69) is 5.32 Å². The maximum absolute atomic E-state index is 12.1. The minimum atomic E-state index is 0.00915. The van der Waals surface area contributed by atoms with E-state index in [1.807, 2.05) is 55.6 Å². The number of quaternary nitrogens is 1. The summed E-state index contributed by atoms with van der Waals surface area (Å²) in [4.78, 5) is 13.2. The van der Waals surface area contributed by atoms with Crippen LogP contribution in [0.4, 0.5) is 0 Å². The molecule has 0 bridgehead atoms. The van der Waals surface area contributed by atoms with Crippen molar-refractivity contribution in [3.05, 3.63) is 54.1 Å². The van der Waals surface area contributed by atoms with Crippen LogP contribution in [-0.2, 0) is 11.3 Å². The number of carbonyl (C=O) groups is 1. The molecule has 0 saturated heterocycles. The number of benzene rings is 2. The second-order valence-corrected chi connectivity index (χ2v) is 6.01. The van der Waals surface area contributed by atoms with Crippen LogP contribution in [0, 0.1) is 0 Å². The predicted octanol–water partition coefficient (Wildman–Crippen LogP) is 0.625. The zero-order chi connectivity index (χ0) is 17.5. The van der Waals surface area contributed by atoms with Gasteiger partial charge in [0, 0.05) is 6.54 Å². The molecule has 1 aliphatic rings. The van der Waals surface area contributed by atoms with Crippen LogP contribution >= 0.6 is 0 Å². The summed E-state index contributed by atoms with van der Waals surface area (Å²) in [5.41, 5.74) is 0.989. The summed E-state index contributed by atoms with van der Waals surface area (Å²) >= 11 is 0. The number of hydrogen-bond acceptors (Lipinski definition) is 4. The van der Waals surface area contributed by atoms with Gasteiger partial charge in [-0.05, 0) is 29.8 Å². The zero-order valence-electron chi connectivity index (χ0n) is 14.3. The van der Waals surface area contributed by atoms with Crippen LogP contribution in [0.5, 0.6) is 17.2 Å². The highest BCUT2D eigenvalue weighted by Gasteiger charge is 2.14. The molecule has 132 valence electrons. The van der Waals surface area contributed by atoms with Crippen molar-refractivity contribution in [1.29, 1.82) is 0 Å². The highest BCUT2D eigenvalue weighted by molar-refractivity contribution is 5.76. The molecular weight excluding hydrogens is 320 g/mol. The van der Waals surface area contributed by atoms with Gasteiger partial charge in [-0.15, -0.1) is 0 Å². The Kier molecular flexibility index (Phi) is 5.74. The third kappa shape index (κ3) is 5.12. The number of carbonyl (C=O) groups excluding carboxylic acids is 1. The lowest BCUT2D eigenvalue weighted by Crippen LogP contribution is -3.10. The SMILES string of the molecule is C[NH+](CCOc1ccccc1)CC(=O)NCc1ccc2c(c1)OCO2. The van der Waals surface area contributed by atoms with Gasteiger partial charge >= 0.3 is 0 Å². The molecule has 1 heterocycles. The van der Waals surface area contributed by atoms with Gasteiger partial charge in [-0.1, -0.05) is 24.3 Å². The number of ether oxygens (including phenoxy) is 3. The van der Waals surface area contributed by atoms with Gasteiger partial charge in [0.05, 0.1) is 7.05 Å². The molecule has 3 rings (SSSR count). The van der Waals surface area contributed by atoms with Crippen molar-refractivity contribution in [2.45, 2.75) is 6.54 Å². The summed E-state index contributed by atoms with van der Waals surface area (Å²) < 4.78 is 16.3. The Morgan fingerprint density at radius 3 is 2.80 bits per heavy atom. The maximum atomic E-state index is 12.1. The molecule has 2 aromatic rings. The lowest BCUT2D eigenvalue weighted by Gasteiger charge is -2.14. The van der Waals surface area contributed by atoms with Crippen molar-refractivity contribution in [1.82, 2.24) is 5.32 Å². The van der Waals surface area contributed by atoms with Crippen LogP contribution in [0.15, 0.2) is 48.5 Å². The quantitative estimate of drug-likeness (QED) is 0.738. The largest absolute Gasteiger partial charge is 0.488 e. The molecule has 25 heavy (non-hydrogen) atoms. The molecule has 0 aromatic heterocycles. The van der Waals surface area contributed by atoms with E-state index in [0.717, 1.165) is 34.3 Å². The van der Waals surface area contributed by atoms with Gasteiger partial charge in [0.2, 0.25) is 6.79 Å². The van der Waals surface area contributed by atoms with E-state index >= 15 is 0 Å². The molecule has 1 atom stereocenters. The Balaban J connectivity index is 1.35. The van der Waals surface area contributed by atoms with Gasteiger partial charge in [-0.3, -0.25) is 4.79 Å². The first-order valence-electron chi connectivity index (χ1n) is 8.35. The highest BCUT2D eigenvalue weighted by Crippen LogP contribution is 2.32. The molecule has 0 radical (unpaired) electrons. The molecule has 2 aromatic carbocycles. The summed E-state index contributed by atoms with van der Waals surface area (Å²) in [6.45, 7) is 2.47. The number of likely N-dealkylation sites (N-methyl/N-ethyl adjacent to an activating group) is 1. The number of hydrogen-bond donors (Lipinski definition) is 2. The lowest BCUT2D eigenvalue weighted by atomic mass is 10.2. The van der Waals surface area contributed by atoms with Crippen molar-refractivity contribution < 1.29 is 23.9 Å². The summed E-state index contributed by atoms with van der Waals surface area (Å²) in [5.74, 6) is 2.34. The molecule has 2 N–H and O–H groups in total. The zero-order valence-corrected chi connectivity index (χ0v) is 14.3. The van der Waals surface area contributed by atoms with E-state index in [1.54, 1.807) is 0 Å². The first-order valence-corrected chi connectivity index (χ1v) is 8.35. The normalized spacial score (nSPS) is 13.3. The minimum Gasteiger partial charge on any atom is -0.488 e. The van der Waals surface area contributed by atoms with Crippen LogP contribution in [0.25, 0.3) is 0 Å². The van der Waals surface area contributed by atoms with Crippen LogP contribution in [0.2, 0.25) is 0 Å². The predicted molar refractivity (Wildman–Crippen MR) is 93.0 cm³/mol. The molecule has 0 spiro atoms. The Bertz CT molecular complexity index is 706. The van der Waals surface area contributed by atoms with Gasteiger partial charge in [-0.2, -0.15) is 0 Å². The van der Waals surface area contributed by atoms with E-state index in [1.165, 1.54) is 0 Å². The second kappa shape index (κ2) is 8.39. The molecule has 0 saturated carbocycles. The van der Waals surface area contributed by atoms with Gasteiger partial charge in [0.1, 0.15) is 18.9 Å². The average Bonchev–Trinajstić information content (AvgIpc) is 3.08. The Morgan fingerprint density at radius 2 is 1.96 bits per heavy atom. The lowest BCUT2D eigenvalue weighted by molar-refractivity contribution is -0.871. The Labute approximate surface area is 147 Å². The molecule has 0 aliphatic carbocycles. The molecule has 6 nitrogen and oxygen atoms in total. The van der Waals surface area contributed by atoms with E-state index in [9.17, 15) is 4.79 Å². The van der Waals surface area contributed by atoms with Crippen LogP contribution in [-0.4, -0.2) is 39.4 Å². The van der Waals surface area contributed by atoms with Crippen molar-refractivity contribution in [3.8, 4) is 17.2 Å². The van der Waals surface area contributed by atoms with Gasteiger partial charge in [-0.25, -0.2) is 0 Å². The fourth-order valence-electron chi connectivity index (χ4n) is 2.54. The van der Waals surface area contributed by atoms with Gasteiger partial charge < -0.3 is 24.4 Å². The van der Waals surface area contributed by atoms with Crippen molar-refractivity contribution in [2.75, 3.05) is 33.5 Å². The highest BCUT2D eigenvalue weighted by atomic mass is 16.7. The average molecular weight is 343 g/mol. The first-order chi connectivity index (χ1) is 12.2. The second-order valence-electron chi connectivity index (χ2n) is 6.01. The fraction of sp³-hybridized carbons (Fsp3) is 0.316. The van der Waals surface area contributed by atoms with Gasteiger partial charge in [0.25, 0.3) is 5.91 Å². The third-order valence-corrected chi connectivity index (χ3v) is 3.93. The maximum Gasteiger partial charge on any atom is 0.275 e. The Morgan fingerprint density at radius 1 is 1.16 bits per heavy atom. The number of amides is 1. The summed E-state index contributed by atoms with van der Waals surface area (Å²) in [7, 11) is 1.98. The summed E-state index contributed by atoms with van der Waals surface area (Å²) in [6, 6.07) is 15.4. The number of nitrogens with one attached hydrogen (secondary N) is 2. The summed E-state index contributed by atoms with van der Waals surface area (Å²) in [6.07, 6.45) is 0. The third-order valence-electron chi connectivity index (χ3n) is 3.93. The molecule has 1 amide bonds. The summed E-state index contributed by atoms with van der Waals surface area (Å²) in [5, 5.41) is 2.93. The van der Waals surface area contributed by atoms with E-state index in [4.69, 9.17) is 14.2 Å². The van der Waals surface area contributed by atoms with Crippen LogP contribution in [0.1, 0.15) is 5.56 Å². The molecule has 1 aliphatic heterocycles. The minimum absolute atomic E-state index is 0.00915. The number of rotatable bonds is 8. The van der Waals surface area contributed by atoms with Crippen LogP contribution in [0.3, 0.4) is 0 Å². The van der Waals surface area contributed by atoms with E-state index in [-0.39, 0.29) is 12.7 Å². The number of para-hydroxylation sites is 1. The topological polar surface area (TPSA) is 61.2 Å². The number of fused-ring (bicyclic) bond motifs is 1. The fourth-order valence-corrected chi connectivity index (χ4v) is 2.54. The van der Waals surface area contributed by atoms with Crippen molar-refractivity contribution in [3.63, 3.8) is 0 Å². The van der Waals surface area contributed by atoms with Crippen LogP contribution < -0.4 is 24.4 Å². The monoisotopic (exact) mass is 343 g/mol. The van der Waals surface area contributed by atoms with E-state index in [0.29, 0.717) is 19.7 Å². The molecule has 6 heteroatoms. The van der Waals surface area contributed by atoms with Gasteiger partial charge in [0.15, 0.2) is 18.0 Å². The molecular formula is C19H23N2O4+.